The van der Waals surface area contributed by atoms with Crippen LogP contribution in [0.2, 0.25) is 0 Å². The Morgan fingerprint density at radius 1 is 1.32 bits per heavy atom. The topological polar surface area (TPSA) is 74.7 Å². The van der Waals surface area contributed by atoms with Crippen LogP contribution in [0.15, 0.2) is 29.2 Å². The van der Waals surface area contributed by atoms with Crippen molar-refractivity contribution in [3.05, 3.63) is 29.8 Å². The lowest BCUT2D eigenvalue weighted by molar-refractivity contribution is -0.142. The quantitative estimate of drug-likeness (QED) is 0.911. The van der Waals surface area contributed by atoms with Gasteiger partial charge in [0.15, 0.2) is 0 Å². The highest BCUT2D eigenvalue weighted by Crippen LogP contribution is 2.24. The molecule has 2 rings (SSSR count). The van der Waals surface area contributed by atoms with Crippen LogP contribution in [0.3, 0.4) is 0 Å². The van der Waals surface area contributed by atoms with E-state index in [0.717, 1.165) is 5.56 Å². The van der Waals surface area contributed by atoms with E-state index in [1.165, 1.54) is 4.31 Å². The van der Waals surface area contributed by atoms with Gasteiger partial charge in [-0.05, 0) is 31.9 Å². The van der Waals surface area contributed by atoms with E-state index in [4.69, 9.17) is 5.11 Å². The van der Waals surface area contributed by atoms with Crippen molar-refractivity contribution in [2.24, 2.45) is 5.92 Å². The fourth-order valence-corrected chi connectivity index (χ4v) is 3.75. The Labute approximate surface area is 112 Å². The first-order valence-electron chi connectivity index (χ1n) is 6.21. The summed E-state index contributed by atoms with van der Waals surface area (Å²) in [7, 11) is -3.58. The van der Waals surface area contributed by atoms with E-state index in [2.05, 4.69) is 0 Å². The van der Waals surface area contributed by atoms with E-state index >= 15 is 0 Å². The zero-order valence-electron chi connectivity index (χ0n) is 10.7. The monoisotopic (exact) mass is 283 g/mol. The number of nitrogens with zero attached hydrogens (tertiary/aromatic N) is 1. The number of carbonyl (C=O) groups is 1. The summed E-state index contributed by atoms with van der Waals surface area (Å²) < 4.78 is 26.1. The molecular formula is C13H17NO4S. The van der Waals surface area contributed by atoms with Crippen LogP contribution in [-0.2, 0) is 14.8 Å². The van der Waals surface area contributed by atoms with Gasteiger partial charge >= 0.3 is 5.97 Å². The van der Waals surface area contributed by atoms with Gasteiger partial charge < -0.3 is 5.11 Å². The Bertz CT molecular complexity index is 565. The number of hydrogen-bond donors (Lipinski definition) is 1. The van der Waals surface area contributed by atoms with Gasteiger partial charge in [-0.15, -0.1) is 0 Å². The third kappa shape index (κ3) is 2.96. The average molecular weight is 283 g/mol. The van der Waals surface area contributed by atoms with Crippen molar-refractivity contribution in [1.82, 2.24) is 4.31 Å². The van der Waals surface area contributed by atoms with Crippen LogP contribution in [-0.4, -0.2) is 36.9 Å². The van der Waals surface area contributed by atoms with Crippen LogP contribution < -0.4 is 0 Å². The summed E-state index contributed by atoms with van der Waals surface area (Å²) in [6, 6.07) is 6.61. The molecule has 104 valence electrons. The van der Waals surface area contributed by atoms with Crippen molar-refractivity contribution in [3.63, 3.8) is 0 Å². The molecule has 1 heterocycles. The van der Waals surface area contributed by atoms with E-state index in [-0.39, 0.29) is 11.4 Å². The number of carboxylic acid groups (broad SMARTS) is 1. The van der Waals surface area contributed by atoms with E-state index < -0.39 is 21.9 Å². The zero-order chi connectivity index (χ0) is 14.0. The molecule has 0 saturated carbocycles. The van der Waals surface area contributed by atoms with Gasteiger partial charge in [0.05, 0.1) is 10.8 Å². The predicted molar refractivity (Wildman–Crippen MR) is 70.3 cm³/mol. The summed E-state index contributed by atoms with van der Waals surface area (Å²) in [6.45, 7) is 2.34. The molecule has 0 bridgehead atoms. The molecule has 6 heteroatoms. The third-order valence-corrected chi connectivity index (χ3v) is 5.27. The molecule has 1 aliphatic heterocycles. The predicted octanol–water partition coefficient (Wildman–Crippen LogP) is 1.48. The van der Waals surface area contributed by atoms with Gasteiger partial charge in [-0.25, -0.2) is 8.42 Å². The molecule has 0 aromatic heterocycles. The number of aryl methyl sites for hydroxylation is 1. The minimum Gasteiger partial charge on any atom is -0.481 e. The summed E-state index contributed by atoms with van der Waals surface area (Å²) in [5, 5.41) is 9.01. The van der Waals surface area contributed by atoms with Gasteiger partial charge in [0, 0.05) is 13.1 Å². The molecular weight excluding hydrogens is 266 g/mol. The highest BCUT2D eigenvalue weighted by molar-refractivity contribution is 7.89. The second-order valence-corrected chi connectivity index (χ2v) is 6.79. The first-order chi connectivity index (χ1) is 8.91. The number of hydrogen-bond acceptors (Lipinski definition) is 3. The number of carboxylic acids is 1. The van der Waals surface area contributed by atoms with Crippen LogP contribution in [0.25, 0.3) is 0 Å². The second-order valence-electron chi connectivity index (χ2n) is 4.85. The number of aliphatic carboxylic acids is 1. The molecule has 1 aromatic carbocycles. The first-order valence-corrected chi connectivity index (χ1v) is 7.65. The lowest BCUT2D eigenvalue weighted by Gasteiger charge is -2.29. The molecule has 1 N–H and O–H groups in total. The normalized spacial score (nSPS) is 21.2. The minimum atomic E-state index is -3.58. The molecule has 1 aromatic rings. The maximum Gasteiger partial charge on any atom is 0.307 e. The Hall–Kier alpha value is -1.40. The molecule has 0 spiro atoms. The standard InChI is InChI=1S/C13H17NO4S/c1-10-4-6-12(7-5-10)19(17,18)14-8-2-3-11(9-14)13(15)16/h4-7,11H,2-3,8-9H2,1H3,(H,15,16)/t11-/m1/s1. The SMILES string of the molecule is Cc1ccc(S(=O)(=O)N2CCC[C@@H](C(=O)O)C2)cc1. The smallest absolute Gasteiger partial charge is 0.307 e. The van der Waals surface area contributed by atoms with E-state index in [1.54, 1.807) is 24.3 Å². The maximum absolute atomic E-state index is 12.4. The van der Waals surface area contributed by atoms with Crippen molar-refractivity contribution in [2.45, 2.75) is 24.7 Å². The summed E-state index contributed by atoms with van der Waals surface area (Å²) in [5.74, 6) is -1.53. The largest absolute Gasteiger partial charge is 0.481 e. The van der Waals surface area contributed by atoms with Crippen LogP contribution >= 0.6 is 0 Å². The number of sulfonamides is 1. The van der Waals surface area contributed by atoms with Crippen LogP contribution in [0.4, 0.5) is 0 Å². The highest BCUT2D eigenvalue weighted by atomic mass is 32.2. The first kappa shape index (κ1) is 14.0. The molecule has 0 amide bonds. The van der Waals surface area contributed by atoms with Crippen molar-refractivity contribution in [2.75, 3.05) is 13.1 Å². The summed E-state index contributed by atoms with van der Waals surface area (Å²) in [4.78, 5) is 11.2. The van der Waals surface area contributed by atoms with Gasteiger partial charge in [0.2, 0.25) is 10.0 Å². The summed E-state index contributed by atoms with van der Waals surface area (Å²) >= 11 is 0. The molecule has 0 aliphatic carbocycles. The van der Waals surface area contributed by atoms with E-state index in [0.29, 0.717) is 19.4 Å². The zero-order valence-corrected chi connectivity index (χ0v) is 11.6. The third-order valence-electron chi connectivity index (χ3n) is 3.39. The van der Waals surface area contributed by atoms with Crippen LogP contribution in [0.1, 0.15) is 18.4 Å². The fourth-order valence-electron chi connectivity index (χ4n) is 2.22. The van der Waals surface area contributed by atoms with E-state index in [9.17, 15) is 13.2 Å². The van der Waals surface area contributed by atoms with Crippen molar-refractivity contribution >= 4 is 16.0 Å². The lowest BCUT2D eigenvalue weighted by atomic mass is 10.0. The number of piperidine rings is 1. The van der Waals surface area contributed by atoms with Crippen molar-refractivity contribution in [1.29, 1.82) is 0 Å². The molecule has 1 fully saturated rings. The molecule has 19 heavy (non-hydrogen) atoms. The van der Waals surface area contributed by atoms with Crippen molar-refractivity contribution < 1.29 is 18.3 Å². The summed E-state index contributed by atoms with van der Waals surface area (Å²) in [5.41, 5.74) is 0.987. The van der Waals surface area contributed by atoms with Gasteiger partial charge in [0.25, 0.3) is 0 Å². The van der Waals surface area contributed by atoms with Gasteiger partial charge in [0.1, 0.15) is 0 Å². The molecule has 5 nitrogen and oxygen atoms in total. The molecule has 1 saturated heterocycles. The Kier molecular flexibility index (Phi) is 3.91. The van der Waals surface area contributed by atoms with Gasteiger partial charge in [-0.2, -0.15) is 4.31 Å². The van der Waals surface area contributed by atoms with Gasteiger partial charge in [-0.1, -0.05) is 17.7 Å². The molecule has 0 radical (unpaired) electrons. The van der Waals surface area contributed by atoms with Crippen LogP contribution in [0, 0.1) is 12.8 Å². The number of rotatable bonds is 3. The Balaban J connectivity index is 2.24. The average Bonchev–Trinajstić information content (AvgIpc) is 2.39. The number of benzene rings is 1. The molecule has 0 unspecified atom stereocenters. The second kappa shape index (κ2) is 5.30. The Morgan fingerprint density at radius 3 is 2.53 bits per heavy atom. The van der Waals surface area contributed by atoms with Crippen LogP contribution in [0.5, 0.6) is 0 Å². The summed E-state index contributed by atoms with van der Waals surface area (Å²) in [6.07, 6.45) is 1.12. The van der Waals surface area contributed by atoms with E-state index in [1.807, 2.05) is 6.92 Å². The molecule has 1 atom stereocenters. The minimum absolute atomic E-state index is 0.0611. The molecule has 1 aliphatic rings. The lowest BCUT2D eigenvalue weighted by Crippen LogP contribution is -2.42. The van der Waals surface area contributed by atoms with Gasteiger partial charge in [-0.3, -0.25) is 4.79 Å². The van der Waals surface area contributed by atoms with Crippen molar-refractivity contribution in [3.8, 4) is 0 Å². The maximum atomic E-state index is 12.4. The highest BCUT2D eigenvalue weighted by Gasteiger charge is 2.33. The Morgan fingerprint density at radius 2 is 1.95 bits per heavy atom. The fraction of sp³-hybridized carbons (Fsp3) is 0.462.